The second-order valence-electron chi connectivity index (χ2n) is 6.29. The molecule has 0 spiro atoms. The zero-order chi connectivity index (χ0) is 19.5. The highest BCUT2D eigenvalue weighted by molar-refractivity contribution is 5.89. The molecule has 4 aromatic rings. The van der Waals surface area contributed by atoms with Crippen molar-refractivity contribution >= 4 is 5.78 Å². The lowest BCUT2D eigenvalue weighted by Gasteiger charge is -2.06. The molecule has 140 valence electrons. The Morgan fingerprint density at radius 1 is 1.11 bits per heavy atom. The molecule has 0 radical (unpaired) electrons. The van der Waals surface area contributed by atoms with E-state index in [9.17, 15) is 4.79 Å². The van der Waals surface area contributed by atoms with E-state index >= 15 is 0 Å². The van der Waals surface area contributed by atoms with Gasteiger partial charge in [-0.3, -0.25) is 4.79 Å². The molecule has 2 aromatic carbocycles. The molecule has 0 atom stereocenters. The van der Waals surface area contributed by atoms with E-state index < -0.39 is 0 Å². The van der Waals surface area contributed by atoms with E-state index in [1.807, 2.05) is 61.5 Å². The molecule has 0 saturated heterocycles. The monoisotopic (exact) mass is 374 g/mol. The van der Waals surface area contributed by atoms with E-state index in [-0.39, 0.29) is 11.6 Å². The van der Waals surface area contributed by atoms with Gasteiger partial charge in [-0.2, -0.15) is 0 Å². The minimum atomic E-state index is -0.174. The Hall–Kier alpha value is -3.74. The number of nitrogens with zero attached hydrogens (tertiary/aromatic N) is 4. The second-order valence-corrected chi connectivity index (χ2v) is 6.29. The topological polar surface area (TPSA) is 83.0 Å². The Kier molecular flexibility index (Phi) is 4.72. The predicted octanol–water partition coefficient (Wildman–Crippen LogP) is 4.28. The largest absolute Gasteiger partial charge is 0.457 e. The van der Waals surface area contributed by atoms with Crippen molar-refractivity contribution in [3.63, 3.8) is 0 Å². The first kappa shape index (κ1) is 17.7. The smallest absolute Gasteiger partial charge is 0.226 e. The summed E-state index contributed by atoms with van der Waals surface area (Å²) in [6.07, 6.45) is 1.51. The molecule has 0 aliphatic rings. The Morgan fingerprint density at radius 3 is 2.64 bits per heavy atom. The molecular formula is C21H18N4O3. The summed E-state index contributed by atoms with van der Waals surface area (Å²) < 4.78 is 13.3. The van der Waals surface area contributed by atoms with E-state index in [2.05, 4.69) is 15.1 Å². The Morgan fingerprint density at radius 2 is 1.89 bits per heavy atom. The molecular weight excluding hydrogens is 356 g/mol. The molecule has 4 rings (SSSR count). The van der Waals surface area contributed by atoms with Gasteiger partial charge in [-0.25, -0.2) is 14.6 Å². The van der Waals surface area contributed by atoms with Crippen LogP contribution in [0.5, 0.6) is 11.5 Å². The van der Waals surface area contributed by atoms with Crippen molar-refractivity contribution in [3.8, 4) is 23.0 Å². The Balaban J connectivity index is 1.56. The van der Waals surface area contributed by atoms with Gasteiger partial charge in [0, 0.05) is 12.5 Å². The van der Waals surface area contributed by atoms with Gasteiger partial charge in [0.15, 0.2) is 5.78 Å². The lowest BCUT2D eigenvalue weighted by atomic mass is 10.2. The summed E-state index contributed by atoms with van der Waals surface area (Å²) in [5.41, 5.74) is 1.54. The van der Waals surface area contributed by atoms with Gasteiger partial charge in [0.05, 0.1) is 6.54 Å². The average molecular weight is 374 g/mol. The van der Waals surface area contributed by atoms with E-state index in [0.29, 0.717) is 23.9 Å². The van der Waals surface area contributed by atoms with Gasteiger partial charge < -0.3 is 9.15 Å². The molecule has 2 aromatic heterocycles. The molecule has 0 N–H and O–H groups in total. The molecule has 28 heavy (non-hydrogen) atoms. The number of aromatic nitrogens is 4. The van der Waals surface area contributed by atoms with Crippen molar-refractivity contribution in [2.45, 2.75) is 20.4 Å². The number of rotatable bonds is 6. The Labute approximate surface area is 161 Å². The van der Waals surface area contributed by atoms with Crippen LogP contribution < -0.4 is 4.74 Å². The maximum Gasteiger partial charge on any atom is 0.226 e. The standard InChI is InChI=1S/C21H18N4O3/c1-14(26)20-22-13-25(24-20)12-19-15(2)27-21(23-19)16-7-6-10-18(11-16)28-17-8-4-3-5-9-17/h3-11,13H,12H2,1-2H3. The number of para-hydroxylation sites is 1. The highest BCUT2D eigenvalue weighted by Gasteiger charge is 2.14. The van der Waals surface area contributed by atoms with Crippen LogP contribution in [0.15, 0.2) is 65.3 Å². The molecule has 0 saturated carbocycles. The first-order valence-electron chi connectivity index (χ1n) is 8.78. The van der Waals surface area contributed by atoms with Crippen LogP contribution in [0.3, 0.4) is 0 Å². The van der Waals surface area contributed by atoms with Crippen molar-refractivity contribution in [1.29, 1.82) is 0 Å². The summed E-state index contributed by atoms with van der Waals surface area (Å²) >= 11 is 0. The molecule has 0 amide bonds. The van der Waals surface area contributed by atoms with Crippen LogP contribution >= 0.6 is 0 Å². The first-order valence-corrected chi connectivity index (χ1v) is 8.78. The fourth-order valence-corrected chi connectivity index (χ4v) is 2.70. The van der Waals surface area contributed by atoms with Crippen LogP contribution in [0.2, 0.25) is 0 Å². The lowest BCUT2D eigenvalue weighted by Crippen LogP contribution is -2.04. The maximum absolute atomic E-state index is 11.3. The van der Waals surface area contributed by atoms with Crippen molar-refractivity contribution in [2.24, 2.45) is 0 Å². The first-order chi connectivity index (χ1) is 13.6. The second kappa shape index (κ2) is 7.48. The molecule has 0 unspecified atom stereocenters. The number of ketones is 1. The Bertz CT molecular complexity index is 1120. The summed E-state index contributed by atoms with van der Waals surface area (Å²) in [5.74, 6) is 2.65. The van der Waals surface area contributed by atoms with Gasteiger partial charge in [0.1, 0.15) is 29.3 Å². The van der Waals surface area contributed by atoms with Crippen molar-refractivity contribution in [2.75, 3.05) is 0 Å². The van der Waals surface area contributed by atoms with Gasteiger partial charge in [-0.1, -0.05) is 24.3 Å². The number of Topliss-reactive ketones (excluding diaryl/α,β-unsaturated/α-hetero) is 1. The van der Waals surface area contributed by atoms with Crippen LogP contribution in [0.1, 0.15) is 29.0 Å². The van der Waals surface area contributed by atoms with Crippen LogP contribution in [-0.4, -0.2) is 25.5 Å². The molecule has 7 heteroatoms. The minimum absolute atomic E-state index is 0.174. The number of aryl methyl sites for hydroxylation is 1. The molecule has 2 heterocycles. The summed E-state index contributed by atoms with van der Waals surface area (Å²) in [5, 5.41) is 4.14. The summed E-state index contributed by atoms with van der Waals surface area (Å²) in [4.78, 5) is 19.9. The molecule has 0 aliphatic heterocycles. The highest BCUT2D eigenvalue weighted by Crippen LogP contribution is 2.28. The van der Waals surface area contributed by atoms with Gasteiger partial charge in [0.25, 0.3) is 0 Å². The van der Waals surface area contributed by atoms with Crippen molar-refractivity contribution in [1.82, 2.24) is 19.7 Å². The number of benzene rings is 2. The summed E-state index contributed by atoms with van der Waals surface area (Å²) in [7, 11) is 0. The predicted molar refractivity (Wildman–Crippen MR) is 102 cm³/mol. The molecule has 7 nitrogen and oxygen atoms in total. The van der Waals surface area contributed by atoms with E-state index in [0.717, 1.165) is 17.0 Å². The SMILES string of the molecule is CC(=O)c1ncn(Cc2nc(-c3cccc(Oc4ccccc4)c3)oc2C)n1. The van der Waals surface area contributed by atoms with Crippen LogP contribution in [0.4, 0.5) is 0 Å². The van der Waals surface area contributed by atoms with Crippen molar-refractivity contribution < 1.29 is 13.9 Å². The minimum Gasteiger partial charge on any atom is -0.457 e. The molecule has 0 aliphatic carbocycles. The number of ether oxygens (including phenoxy) is 1. The highest BCUT2D eigenvalue weighted by atomic mass is 16.5. The third-order valence-corrected chi connectivity index (χ3v) is 4.12. The normalized spacial score (nSPS) is 10.8. The third kappa shape index (κ3) is 3.83. The van der Waals surface area contributed by atoms with Crippen LogP contribution in [-0.2, 0) is 6.54 Å². The zero-order valence-electron chi connectivity index (χ0n) is 15.5. The zero-order valence-corrected chi connectivity index (χ0v) is 15.5. The van der Waals surface area contributed by atoms with E-state index in [1.54, 1.807) is 4.68 Å². The summed E-state index contributed by atoms with van der Waals surface area (Å²) in [6.45, 7) is 3.65. The van der Waals surface area contributed by atoms with Gasteiger partial charge >= 0.3 is 0 Å². The van der Waals surface area contributed by atoms with Crippen molar-refractivity contribution in [3.05, 3.63) is 78.2 Å². The molecule has 0 fully saturated rings. The fraction of sp³-hybridized carbons (Fsp3) is 0.143. The number of oxazole rings is 1. The number of hydrogen-bond donors (Lipinski definition) is 0. The quantitative estimate of drug-likeness (QED) is 0.468. The number of carbonyl (C=O) groups excluding carboxylic acids is 1. The number of carbonyl (C=O) groups is 1. The summed E-state index contributed by atoms with van der Waals surface area (Å²) in [6, 6.07) is 17.1. The fourth-order valence-electron chi connectivity index (χ4n) is 2.70. The molecule has 0 bridgehead atoms. The average Bonchev–Trinajstić information content (AvgIpc) is 3.31. The lowest BCUT2D eigenvalue weighted by molar-refractivity contribution is 0.100. The third-order valence-electron chi connectivity index (χ3n) is 4.12. The maximum atomic E-state index is 11.3. The van der Waals surface area contributed by atoms with E-state index in [1.165, 1.54) is 13.3 Å². The van der Waals surface area contributed by atoms with Gasteiger partial charge in [0.2, 0.25) is 11.7 Å². The number of hydrogen-bond acceptors (Lipinski definition) is 6. The van der Waals surface area contributed by atoms with Crippen LogP contribution in [0.25, 0.3) is 11.5 Å². The van der Waals surface area contributed by atoms with Gasteiger partial charge in [-0.05, 0) is 37.3 Å². The van der Waals surface area contributed by atoms with Gasteiger partial charge in [-0.15, -0.1) is 5.10 Å². The van der Waals surface area contributed by atoms with E-state index in [4.69, 9.17) is 9.15 Å². The van der Waals surface area contributed by atoms with Crippen LogP contribution in [0, 0.1) is 6.92 Å².